The molecular formula is C21H18N2O7. The molecule has 9 heteroatoms. The number of rotatable bonds is 6. The summed E-state index contributed by atoms with van der Waals surface area (Å²) < 4.78 is 15.7. The summed E-state index contributed by atoms with van der Waals surface area (Å²) in [5.41, 5.74) is 1.39. The molecule has 0 aromatic heterocycles. The highest BCUT2D eigenvalue weighted by atomic mass is 16.7. The molecule has 30 heavy (non-hydrogen) atoms. The van der Waals surface area contributed by atoms with Crippen molar-refractivity contribution in [3.05, 3.63) is 53.6 Å². The number of nitrogens with one attached hydrogen (secondary N) is 1. The number of Topliss-reactive ketones (excluding diaryl/α,β-unsaturated/α-hetero) is 1. The summed E-state index contributed by atoms with van der Waals surface area (Å²) >= 11 is 0. The highest BCUT2D eigenvalue weighted by Gasteiger charge is 2.37. The number of fused-ring (bicyclic) bond motifs is 2. The molecule has 2 amide bonds. The van der Waals surface area contributed by atoms with Crippen LogP contribution in [-0.2, 0) is 25.7 Å². The van der Waals surface area contributed by atoms with Gasteiger partial charge in [-0.2, -0.15) is 0 Å². The molecule has 154 valence electrons. The molecule has 2 aliphatic rings. The standard InChI is InChI=1S/C21H18N2O7/c1-12(20(26)22-9-13-6-7-16-17(8-13)29-11-28-16)30-18(24)10-23-15-5-3-2-4-14(15)19(25)21(23)27/h2-8,12H,9-11H2,1H3,(H,22,26)/t12-/m0/s1. The van der Waals surface area contributed by atoms with Gasteiger partial charge in [-0.05, 0) is 36.8 Å². The lowest BCUT2D eigenvalue weighted by molar-refractivity contribution is -0.153. The maximum atomic E-state index is 12.3. The van der Waals surface area contributed by atoms with Crippen LogP contribution in [0.1, 0.15) is 22.8 Å². The Morgan fingerprint density at radius 3 is 2.73 bits per heavy atom. The summed E-state index contributed by atoms with van der Waals surface area (Å²) in [7, 11) is 0. The van der Waals surface area contributed by atoms with E-state index in [2.05, 4.69) is 5.32 Å². The van der Waals surface area contributed by atoms with E-state index < -0.39 is 36.2 Å². The first-order valence-corrected chi connectivity index (χ1v) is 9.25. The number of para-hydroxylation sites is 1. The van der Waals surface area contributed by atoms with E-state index in [1.165, 1.54) is 13.0 Å². The van der Waals surface area contributed by atoms with Crippen molar-refractivity contribution < 1.29 is 33.4 Å². The first kappa shape index (κ1) is 19.4. The fraction of sp³-hybridized carbons (Fsp3) is 0.238. The largest absolute Gasteiger partial charge is 0.454 e. The number of nitrogens with zero attached hydrogens (tertiary/aromatic N) is 1. The van der Waals surface area contributed by atoms with Crippen molar-refractivity contribution in [2.45, 2.75) is 19.6 Å². The third-order valence-corrected chi connectivity index (χ3v) is 4.75. The van der Waals surface area contributed by atoms with Gasteiger partial charge in [0.15, 0.2) is 17.6 Å². The van der Waals surface area contributed by atoms with Gasteiger partial charge in [0.05, 0.1) is 11.3 Å². The molecule has 0 saturated carbocycles. The highest BCUT2D eigenvalue weighted by molar-refractivity contribution is 6.52. The van der Waals surface area contributed by atoms with Crippen LogP contribution in [0, 0.1) is 0 Å². The van der Waals surface area contributed by atoms with Crippen molar-refractivity contribution in [3.8, 4) is 11.5 Å². The number of esters is 1. The van der Waals surface area contributed by atoms with E-state index in [0.717, 1.165) is 10.5 Å². The Morgan fingerprint density at radius 1 is 1.13 bits per heavy atom. The molecule has 0 fully saturated rings. The van der Waals surface area contributed by atoms with Crippen molar-refractivity contribution in [1.82, 2.24) is 5.32 Å². The summed E-state index contributed by atoms with van der Waals surface area (Å²) in [5.74, 6) is -1.51. The second-order valence-corrected chi connectivity index (χ2v) is 6.78. The van der Waals surface area contributed by atoms with Crippen LogP contribution in [0.2, 0.25) is 0 Å². The minimum Gasteiger partial charge on any atom is -0.454 e. The number of ether oxygens (including phenoxy) is 3. The van der Waals surface area contributed by atoms with Crippen LogP contribution >= 0.6 is 0 Å². The molecular weight excluding hydrogens is 392 g/mol. The van der Waals surface area contributed by atoms with Gasteiger partial charge in [-0.25, -0.2) is 0 Å². The molecule has 0 spiro atoms. The fourth-order valence-electron chi connectivity index (χ4n) is 3.21. The van der Waals surface area contributed by atoms with Gasteiger partial charge in [-0.1, -0.05) is 18.2 Å². The molecule has 0 saturated heterocycles. The van der Waals surface area contributed by atoms with E-state index in [1.807, 2.05) is 0 Å². The van der Waals surface area contributed by atoms with Crippen molar-refractivity contribution in [2.24, 2.45) is 0 Å². The SMILES string of the molecule is C[C@H](OC(=O)CN1C(=O)C(=O)c2ccccc21)C(=O)NCc1ccc2c(c1)OCO2. The molecule has 1 N–H and O–H groups in total. The maximum absolute atomic E-state index is 12.3. The van der Waals surface area contributed by atoms with Gasteiger partial charge in [0, 0.05) is 6.54 Å². The smallest absolute Gasteiger partial charge is 0.326 e. The van der Waals surface area contributed by atoms with Crippen LogP contribution in [0.4, 0.5) is 5.69 Å². The van der Waals surface area contributed by atoms with E-state index in [4.69, 9.17) is 14.2 Å². The summed E-state index contributed by atoms with van der Waals surface area (Å²) in [5, 5.41) is 2.67. The predicted octanol–water partition coefficient (Wildman–Crippen LogP) is 1.19. The van der Waals surface area contributed by atoms with Gasteiger partial charge >= 0.3 is 5.97 Å². The molecule has 0 bridgehead atoms. The molecule has 0 aliphatic carbocycles. The molecule has 2 aromatic carbocycles. The summed E-state index contributed by atoms with van der Waals surface area (Å²) in [4.78, 5) is 49.7. The number of ketones is 1. The Bertz CT molecular complexity index is 1050. The normalized spacial score (nSPS) is 15.0. The van der Waals surface area contributed by atoms with Gasteiger partial charge in [-0.15, -0.1) is 0 Å². The van der Waals surface area contributed by atoms with Crippen molar-refractivity contribution >= 4 is 29.3 Å². The first-order chi connectivity index (χ1) is 14.4. The number of amides is 2. The highest BCUT2D eigenvalue weighted by Crippen LogP contribution is 2.32. The van der Waals surface area contributed by atoms with Gasteiger partial charge in [0.25, 0.3) is 17.6 Å². The average Bonchev–Trinajstić information content (AvgIpc) is 3.30. The Labute approximate surface area is 171 Å². The Hall–Kier alpha value is -3.88. The lowest BCUT2D eigenvalue weighted by Crippen LogP contribution is -2.40. The van der Waals surface area contributed by atoms with Gasteiger partial charge in [0.2, 0.25) is 6.79 Å². The number of hydrogen-bond donors (Lipinski definition) is 1. The second-order valence-electron chi connectivity index (χ2n) is 6.78. The fourth-order valence-corrected chi connectivity index (χ4v) is 3.21. The van der Waals surface area contributed by atoms with Crippen LogP contribution in [0.3, 0.4) is 0 Å². The molecule has 2 aromatic rings. The Balaban J connectivity index is 1.31. The van der Waals surface area contributed by atoms with E-state index >= 15 is 0 Å². The predicted molar refractivity (Wildman–Crippen MR) is 103 cm³/mol. The zero-order valence-electron chi connectivity index (χ0n) is 16.0. The molecule has 9 nitrogen and oxygen atoms in total. The number of hydrogen-bond acceptors (Lipinski definition) is 7. The van der Waals surface area contributed by atoms with Crippen LogP contribution in [0.15, 0.2) is 42.5 Å². The van der Waals surface area contributed by atoms with Crippen LogP contribution < -0.4 is 19.7 Å². The summed E-state index contributed by atoms with van der Waals surface area (Å²) in [6.07, 6.45) is -1.07. The van der Waals surface area contributed by atoms with Crippen molar-refractivity contribution in [1.29, 1.82) is 0 Å². The maximum Gasteiger partial charge on any atom is 0.326 e. The third-order valence-electron chi connectivity index (χ3n) is 4.75. The van der Waals surface area contributed by atoms with E-state index in [-0.39, 0.29) is 18.9 Å². The zero-order valence-corrected chi connectivity index (χ0v) is 16.0. The summed E-state index contributed by atoms with van der Waals surface area (Å²) in [6, 6.07) is 11.7. The molecule has 0 unspecified atom stereocenters. The molecule has 1 atom stereocenters. The second kappa shape index (κ2) is 7.86. The van der Waals surface area contributed by atoms with Gasteiger partial charge in [0.1, 0.15) is 6.54 Å². The molecule has 0 radical (unpaired) electrons. The van der Waals surface area contributed by atoms with Gasteiger partial charge in [-0.3, -0.25) is 24.1 Å². The lowest BCUT2D eigenvalue weighted by Gasteiger charge is -2.18. The quantitative estimate of drug-likeness (QED) is 0.562. The average molecular weight is 410 g/mol. The van der Waals surface area contributed by atoms with Crippen LogP contribution in [0.25, 0.3) is 0 Å². The minimum atomic E-state index is -1.07. The van der Waals surface area contributed by atoms with Crippen molar-refractivity contribution in [2.75, 3.05) is 18.2 Å². The number of carbonyl (C=O) groups is 4. The molecule has 4 rings (SSSR count). The first-order valence-electron chi connectivity index (χ1n) is 9.25. The monoisotopic (exact) mass is 410 g/mol. The molecule has 2 aliphatic heterocycles. The number of anilines is 1. The minimum absolute atomic E-state index is 0.160. The van der Waals surface area contributed by atoms with E-state index in [0.29, 0.717) is 17.2 Å². The Kier molecular flexibility index (Phi) is 5.09. The lowest BCUT2D eigenvalue weighted by atomic mass is 10.1. The van der Waals surface area contributed by atoms with Crippen LogP contribution in [0.5, 0.6) is 11.5 Å². The van der Waals surface area contributed by atoms with E-state index in [9.17, 15) is 19.2 Å². The Morgan fingerprint density at radius 2 is 1.90 bits per heavy atom. The topological polar surface area (TPSA) is 111 Å². The van der Waals surface area contributed by atoms with Crippen LogP contribution in [-0.4, -0.2) is 43.0 Å². The number of carbonyl (C=O) groups excluding carboxylic acids is 4. The molecule has 2 heterocycles. The third kappa shape index (κ3) is 3.69. The zero-order chi connectivity index (χ0) is 21.3. The van der Waals surface area contributed by atoms with Crippen molar-refractivity contribution in [3.63, 3.8) is 0 Å². The summed E-state index contributed by atoms with van der Waals surface area (Å²) in [6.45, 7) is 1.34. The number of benzene rings is 2. The van der Waals surface area contributed by atoms with Gasteiger partial charge < -0.3 is 19.5 Å². The van der Waals surface area contributed by atoms with E-state index in [1.54, 1.807) is 36.4 Å².